The lowest BCUT2D eigenvalue weighted by Gasteiger charge is -2.20. The average Bonchev–Trinajstić information content (AvgIpc) is 2.26. The van der Waals surface area contributed by atoms with E-state index in [4.69, 9.17) is 16.7 Å². The van der Waals surface area contributed by atoms with Crippen LogP contribution in [0.25, 0.3) is 0 Å². The summed E-state index contributed by atoms with van der Waals surface area (Å²) in [5.74, 6) is -0.298. The van der Waals surface area contributed by atoms with Crippen LogP contribution in [0.1, 0.15) is 22.8 Å². The van der Waals surface area contributed by atoms with Crippen molar-refractivity contribution in [3.05, 3.63) is 34.3 Å². The van der Waals surface area contributed by atoms with Crippen molar-refractivity contribution in [3.8, 4) is 0 Å². The summed E-state index contributed by atoms with van der Waals surface area (Å²) in [6.07, 6.45) is 0. The van der Waals surface area contributed by atoms with E-state index in [-0.39, 0.29) is 12.5 Å². The van der Waals surface area contributed by atoms with Gasteiger partial charge in [-0.05, 0) is 37.6 Å². The molecule has 0 aliphatic carbocycles. The first-order valence-corrected chi connectivity index (χ1v) is 5.61. The lowest BCUT2D eigenvalue weighted by molar-refractivity contribution is 0.00319. The lowest BCUT2D eigenvalue weighted by atomic mass is 10.1. The summed E-state index contributed by atoms with van der Waals surface area (Å²) in [6.45, 7) is 2.81. The minimum atomic E-state index is -1.31. The first-order chi connectivity index (χ1) is 7.85. The van der Waals surface area contributed by atoms with Crippen molar-refractivity contribution in [2.45, 2.75) is 19.4 Å². The van der Waals surface area contributed by atoms with Crippen molar-refractivity contribution < 1.29 is 15.0 Å². The van der Waals surface area contributed by atoms with Crippen molar-refractivity contribution in [2.75, 3.05) is 13.2 Å². The summed E-state index contributed by atoms with van der Waals surface area (Å²) < 4.78 is 0. The molecule has 1 aromatic carbocycles. The molecule has 1 aromatic rings. The van der Waals surface area contributed by atoms with E-state index >= 15 is 0 Å². The second kappa shape index (κ2) is 5.49. The van der Waals surface area contributed by atoms with Crippen LogP contribution in [0.15, 0.2) is 18.2 Å². The van der Waals surface area contributed by atoms with Gasteiger partial charge in [0.25, 0.3) is 5.91 Å². The number of nitrogens with one attached hydrogen (secondary N) is 1. The van der Waals surface area contributed by atoms with Gasteiger partial charge in [0.1, 0.15) is 5.60 Å². The van der Waals surface area contributed by atoms with Gasteiger partial charge in [-0.3, -0.25) is 4.79 Å². The summed E-state index contributed by atoms with van der Waals surface area (Å²) in [4.78, 5) is 11.8. The molecule has 1 unspecified atom stereocenters. The molecule has 0 saturated carbocycles. The SMILES string of the molecule is Cc1cc(Cl)ccc1C(=O)NCC(C)(O)CO. The lowest BCUT2D eigenvalue weighted by Crippen LogP contribution is -2.43. The molecule has 1 rings (SSSR count). The molecule has 0 saturated heterocycles. The Balaban J connectivity index is 2.71. The highest BCUT2D eigenvalue weighted by molar-refractivity contribution is 6.30. The predicted molar refractivity (Wildman–Crippen MR) is 66.2 cm³/mol. The standard InChI is InChI=1S/C12H16ClNO3/c1-8-5-9(13)3-4-10(8)11(16)14-6-12(2,17)7-15/h3-5,15,17H,6-7H2,1-2H3,(H,14,16). The van der Waals surface area contributed by atoms with Crippen LogP contribution in [0, 0.1) is 6.92 Å². The molecule has 17 heavy (non-hydrogen) atoms. The molecule has 0 aliphatic heterocycles. The summed E-state index contributed by atoms with van der Waals surface area (Å²) in [7, 11) is 0. The zero-order valence-corrected chi connectivity index (χ0v) is 10.6. The fourth-order valence-electron chi connectivity index (χ4n) is 1.30. The van der Waals surface area contributed by atoms with E-state index in [0.29, 0.717) is 10.6 Å². The Morgan fingerprint density at radius 3 is 2.71 bits per heavy atom. The number of aryl methyl sites for hydroxylation is 1. The summed E-state index contributed by atoms with van der Waals surface area (Å²) in [5, 5.41) is 21.5. The molecule has 0 aliphatic rings. The maximum Gasteiger partial charge on any atom is 0.251 e. The molecule has 0 aromatic heterocycles. The molecule has 1 amide bonds. The highest BCUT2D eigenvalue weighted by Crippen LogP contribution is 2.15. The van der Waals surface area contributed by atoms with Crippen LogP contribution in [-0.4, -0.2) is 34.9 Å². The largest absolute Gasteiger partial charge is 0.393 e. The van der Waals surface area contributed by atoms with Crippen molar-refractivity contribution in [3.63, 3.8) is 0 Å². The van der Waals surface area contributed by atoms with E-state index in [9.17, 15) is 9.90 Å². The monoisotopic (exact) mass is 257 g/mol. The Morgan fingerprint density at radius 2 is 2.18 bits per heavy atom. The number of aliphatic hydroxyl groups excluding tert-OH is 1. The first kappa shape index (κ1) is 14.0. The van der Waals surface area contributed by atoms with E-state index in [1.807, 2.05) is 0 Å². The van der Waals surface area contributed by atoms with Crippen LogP contribution in [0.3, 0.4) is 0 Å². The zero-order chi connectivity index (χ0) is 13.1. The van der Waals surface area contributed by atoms with Gasteiger partial charge in [0, 0.05) is 17.1 Å². The summed E-state index contributed by atoms with van der Waals surface area (Å²) in [5.41, 5.74) is -0.0440. The first-order valence-electron chi connectivity index (χ1n) is 5.23. The van der Waals surface area contributed by atoms with Gasteiger partial charge in [0.05, 0.1) is 6.61 Å². The van der Waals surface area contributed by atoms with Gasteiger partial charge in [-0.2, -0.15) is 0 Å². The number of aliphatic hydroxyl groups is 2. The fourth-order valence-corrected chi connectivity index (χ4v) is 1.53. The maximum atomic E-state index is 11.8. The van der Waals surface area contributed by atoms with Crippen molar-refractivity contribution in [1.82, 2.24) is 5.32 Å². The Morgan fingerprint density at radius 1 is 1.53 bits per heavy atom. The zero-order valence-electron chi connectivity index (χ0n) is 9.83. The summed E-state index contributed by atoms with van der Waals surface area (Å²) in [6, 6.07) is 4.95. The van der Waals surface area contributed by atoms with Crippen molar-refractivity contribution in [2.24, 2.45) is 0 Å². The maximum absolute atomic E-state index is 11.8. The van der Waals surface area contributed by atoms with E-state index in [2.05, 4.69) is 5.32 Å². The van der Waals surface area contributed by atoms with E-state index in [1.165, 1.54) is 6.92 Å². The van der Waals surface area contributed by atoms with Crippen LogP contribution in [0.5, 0.6) is 0 Å². The van der Waals surface area contributed by atoms with Crippen LogP contribution < -0.4 is 5.32 Å². The molecule has 94 valence electrons. The second-order valence-electron chi connectivity index (χ2n) is 4.30. The van der Waals surface area contributed by atoms with Gasteiger partial charge in [0.2, 0.25) is 0 Å². The van der Waals surface area contributed by atoms with Crippen molar-refractivity contribution >= 4 is 17.5 Å². The molecule has 0 fully saturated rings. The third-order valence-electron chi connectivity index (χ3n) is 2.40. The van der Waals surface area contributed by atoms with Crippen LogP contribution in [0.4, 0.5) is 0 Å². The van der Waals surface area contributed by atoms with Gasteiger partial charge >= 0.3 is 0 Å². The predicted octanol–water partition coefficient (Wildman–Crippen LogP) is 1.12. The van der Waals surface area contributed by atoms with Gasteiger partial charge in [-0.25, -0.2) is 0 Å². The third-order valence-corrected chi connectivity index (χ3v) is 2.64. The van der Waals surface area contributed by atoms with Gasteiger partial charge in [-0.1, -0.05) is 11.6 Å². The molecule has 0 spiro atoms. The number of hydrogen-bond acceptors (Lipinski definition) is 3. The highest BCUT2D eigenvalue weighted by Gasteiger charge is 2.20. The molecular formula is C12H16ClNO3. The van der Waals surface area contributed by atoms with Gasteiger partial charge < -0.3 is 15.5 Å². The van der Waals surface area contributed by atoms with Crippen LogP contribution >= 0.6 is 11.6 Å². The van der Waals surface area contributed by atoms with Gasteiger partial charge in [0.15, 0.2) is 0 Å². The Kier molecular flexibility index (Phi) is 4.51. The minimum Gasteiger partial charge on any atom is -0.393 e. The molecule has 0 bridgehead atoms. The number of halogens is 1. The molecule has 4 nitrogen and oxygen atoms in total. The number of benzene rings is 1. The molecule has 3 N–H and O–H groups in total. The van der Waals surface area contributed by atoms with E-state index in [1.54, 1.807) is 25.1 Å². The number of amides is 1. The molecule has 5 heteroatoms. The second-order valence-corrected chi connectivity index (χ2v) is 4.73. The fraction of sp³-hybridized carbons (Fsp3) is 0.417. The van der Waals surface area contributed by atoms with Gasteiger partial charge in [-0.15, -0.1) is 0 Å². The normalized spacial score (nSPS) is 14.2. The highest BCUT2D eigenvalue weighted by atomic mass is 35.5. The summed E-state index contributed by atoms with van der Waals surface area (Å²) >= 11 is 5.79. The molecule has 1 atom stereocenters. The Hall–Kier alpha value is -1.10. The Bertz CT molecular complexity index is 418. The smallest absolute Gasteiger partial charge is 0.251 e. The number of rotatable bonds is 4. The third kappa shape index (κ3) is 4.00. The molecule has 0 heterocycles. The minimum absolute atomic E-state index is 0.00952. The van der Waals surface area contributed by atoms with E-state index in [0.717, 1.165) is 5.56 Å². The quantitative estimate of drug-likeness (QED) is 0.757. The number of hydrogen-bond donors (Lipinski definition) is 3. The van der Waals surface area contributed by atoms with Crippen LogP contribution in [0.2, 0.25) is 5.02 Å². The molecule has 0 radical (unpaired) electrons. The topological polar surface area (TPSA) is 69.6 Å². The Labute approximate surface area is 105 Å². The van der Waals surface area contributed by atoms with Crippen LogP contribution in [-0.2, 0) is 0 Å². The number of carbonyl (C=O) groups excluding carboxylic acids is 1. The average molecular weight is 258 g/mol. The van der Waals surface area contributed by atoms with Crippen molar-refractivity contribution in [1.29, 1.82) is 0 Å². The molecular weight excluding hydrogens is 242 g/mol. The number of carbonyl (C=O) groups is 1. The van der Waals surface area contributed by atoms with E-state index < -0.39 is 12.2 Å².